The maximum Gasteiger partial charge on any atom is 0.335 e. The van der Waals surface area contributed by atoms with E-state index in [2.05, 4.69) is 21.2 Å². The van der Waals surface area contributed by atoms with Gasteiger partial charge in [-0.3, -0.25) is 14.9 Å². The molecule has 1 heterocycles. The van der Waals surface area contributed by atoms with Gasteiger partial charge < -0.3 is 9.47 Å². The van der Waals surface area contributed by atoms with Gasteiger partial charge in [-0.05, 0) is 70.4 Å². The van der Waals surface area contributed by atoms with Crippen LogP contribution in [0.3, 0.4) is 0 Å². The lowest BCUT2D eigenvalue weighted by molar-refractivity contribution is -0.122. The molecule has 1 saturated heterocycles. The molecule has 8 heteroatoms. The molecule has 0 unspecified atom stereocenters. The minimum Gasteiger partial charge on any atom is -0.489 e. The largest absolute Gasteiger partial charge is 0.489 e. The van der Waals surface area contributed by atoms with Gasteiger partial charge in [-0.25, -0.2) is 9.69 Å². The first kappa shape index (κ1) is 27.9. The molecule has 1 N–H and O–H groups in total. The zero-order valence-corrected chi connectivity index (χ0v) is 24.4. The number of carbonyl (C=O) groups is 3. The Hall–Kier alpha value is -5.21. The number of halogens is 1. The third kappa shape index (κ3) is 6.19. The summed E-state index contributed by atoms with van der Waals surface area (Å²) in [7, 11) is 0. The minimum atomic E-state index is -0.827. The van der Waals surface area contributed by atoms with Gasteiger partial charge in [0.05, 0.1) is 5.69 Å². The molecule has 0 atom stereocenters. The maximum absolute atomic E-state index is 13.6. The Morgan fingerprint density at radius 1 is 0.744 bits per heavy atom. The van der Waals surface area contributed by atoms with Crippen molar-refractivity contribution in [1.29, 1.82) is 0 Å². The number of rotatable bonds is 8. The second-order valence-electron chi connectivity index (χ2n) is 9.84. The van der Waals surface area contributed by atoms with E-state index in [-0.39, 0.29) is 12.2 Å². The van der Waals surface area contributed by atoms with Gasteiger partial charge in [0.1, 0.15) is 30.3 Å². The fourth-order valence-corrected chi connectivity index (χ4v) is 5.20. The van der Waals surface area contributed by atoms with Gasteiger partial charge in [0.25, 0.3) is 11.8 Å². The Morgan fingerprint density at radius 2 is 1.49 bits per heavy atom. The van der Waals surface area contributed by atoms with Crippen LogP contribution in [0.1, 0.15) is 16.7 Å². The zero-order chi connectivity index (χ0) is 29.8. The van der Waals surface area contributed by atoms with Crippen LogP contribution in [0.5, 0.6) is 11.5 Å². The number of barbiturate groups is 1. The standard InChI is InChI=1S/C35H25BrN2O5/c36-27-13-18-32(43-22-25-11-6-10-24-9-4-5-12-30(24)25)26(19-27)20-31-33(39)37-35(41)38(34(31)40)28-14-16-29(17-15-28)42-21-23-7-2-1-3-8-23/h1-20H,21-22H2,(H,37,39,41)/b31-20+. The number of hydrogen-bond donors (Lipinski definition) is 1. The van der Waals surface area contributed by atoms with Crippen molar-refractivity contribution < 1.29 is 23.9 Å². The second-order valence-corrected chi connectivity index (χ2v) is 10.8. The lowest BCUT2D eigenvalue weighted by Crippen LogP contribution is -2.54. The summed E-state index contributed by atoms with van der Waals surface area (Å²) in [6.45, 7) is 0.658. The summed E-state index contributed by atoms with van der Waals surface area (Å²) in [5.41, 5.74) is 2.62. The minimum absolute atomic E-state index is 0.197. The highest BCUT2D eigenvalue weighted by Gasteiger charge is 2.37. The number of carbonyl (C=O) groups excluding carboxylic acids is 3. The van der Waals surface area contributed by atoms with Gasteiger partial charge >= 0.3 is 6.03 Å². The van der Waals surface area contributed by atoms with Crippen molar-refractivity contribution in [3.63, 3.8) is 0 Å². The summed E-state index contributed by atoms with van der Waals surface area (Å²) in [4.78, 5) is 40.1. The molecule has 0 saturated carbocycles. The molecule has 1 fully saturated rings. The topological polar surface area (TPSA) is 84.9 Å². The van der Waals surface area contributed by atoms with Crippen LogP contribution in [0.15, 0.2) is 125 Å². The molecule has 0 aliphatic carbocycles. The summed E-state index contributed by atoms with van der Waals surface area (Å²) < 4.78 is 12.8. The predicted molar refractivity (Wildman–Crippen MR) is 169 cm³/mol. The van der Waals surface area contributed by atoms with E-state index in [1.165, 1.54) is 6.08 Å². The Bertz CT molecular complexity index is 1860. The van der Waals surface area contributed by atoms with Crippen LogP contribution in [0.25, 0.3) is 16.8 Å². The van der Waals surface area contributed by atoms with Crippen molar-refractivity contribution in [2.45, 2.75) is 13.2 Å². The predicted octanol–water partition coefficient (Wildman–Crippen LogP) is 7.43. The fourth-order valence-electron chi connectivity index (χ4n) is 4.82. The first-order valence-electron chi connectivity index (χ1n) is 13.5. The van der Waals surface area contributed by atoms with E-state index >= 15 is 0 Å². The summed E-state index contributed by atoms with van der Waals surface area (Å²) in [6, 6.07) is 34.8. The van der Waals surface area contributed by atoms with E-state index in [0.717, 1.165) is 31.3 Å². The molecule has 5 aromatic rings. The number of urea groups is 1. The quantitative estimate of drug-likeness (QED) is 0.142. The first-order valence-corrected chi connectivity index (χ1v) is 14.3. The highest BCUT2D eigenvalue weighted by molar-refractivity contribution is 9.10. The second kappa shape index (κ2) is 12.3. The van der Waals surface area contributed by atoms with Gasteiger partial charge in [0.2, 0.25) is 0 Å². The van der Waals surface area contributed by atoms with Gasteiger partial charge in [0.15, 0.2) is 0 Å². The van der Waals surface area contributed by atoms with E-state index in [9.17, 15) is 14.4 Å². The van der Waals surface area contributed by atoms with Crippen LogP contribution in [-0.4, -0.2) is 17.8 Å². The van der Waals surface area contributed by atoms with Gasteiger partial charge in [-0.15, -0.1) is 0 Å². The summed E-state index contributed by atoms with van der Waals surface area (Å²) in [5.74, 6) is -0.472. The van der Waals surface area contributed by atoms with Crippen LogP contribution in [0.4, 0.5) is 10.5 Å². The first-order chi connectivity index (χ1) is 21.0. The van der Waals surface area contributed by atoms with Crippen molar-refractivity contribution >= 4 is 56.3 Å². The highest BCUT2D eigenvalue weighted by atomic mass is 79.9. The lowest BCUT2D eigenvalue weighted by Gasteiger charge is -2.26. The number of fused-ring (bicyclic) bond motifs is 1. The number of imide groups is 2. The summed E-state index contributed by atoms with van der Waals surface area (Å²) >= 11 is 3.47. The molecule has 0 bridgehead atoms. The third-order valence-corrected chi connectivity index (χ3v) is 7.47. The Labute approximate surface area is 256 Å². The van der Waals surface area contributed by atoms with Crippen molar-refractivity contribution in [2.75, 3.05) is 4.90 Å². The average molecular weight is 633 g/mol. The molecule has 6 rings (SSSR count). The number of anilines is 1. The molecule has 4 amide bonds. The van der Waals surface area contributed by atoms with Crippen LogP contribution < -0.4 is 19.7 Å². The smallest absolute Gasteiger partial charge is 0.335 e. The molecular weight excluding hydrogens is 608 g/mol. The molecule has 0 aromatic heterocycles. The SMILES string of the molecule is O=C1NC(=O)N(c2ccc(OCc3ccccc3)cc2)C(=O)/C1=C/c1cc(Br)ccc1OCc1cccc2ccccc12. The third-order valence-electron chi connectivity index (χ3n) is 6.98. The highest BCUT2D eigenvalue weighted by Crippen LogP contribution is 2.30. The molecule has 5 aromatic carbocycles. The molecule has 7 nitrogen and oxygen atoms in total. The number of amides is 4. The van der Waals surface area contributed by atoms with Gasteiger partial charge in [-0.1, -0.05) is 88.7 Å². The van der Waals surface area contributed by atoms with E-state index in [1.54, 1.807) is 36.4 Å². The summed E-state index contributed by atoms with van der Waals surface area (Å²) in [5, 5.41) is 4.46. The Morgan fingerprint density at radius 3 is 2.30 bits per heavy atom. The zero-order valence-electron chi connectivity index (χ0n) is 22.8. The number of hydrogen-bond acceptors (Lipinski definition) is 5. The molecule has 0 radical (unpaired) electrons. The monoisotopic (exact) mass is 632 g/mol. The number of benzene rings is 5. The van der Waals surface area contributed by atoms with E-state index < -0.39 is 17.8 Å². The van der Waals surface area contributed by atoms with Crippen molar-refractivity contribution in [3.8, 4) is 11.5 Å². The normalized spacial score (nSPS) is 14.2. The van der Waals surface area contributed by atoms with Crippen LogP contribution in [-0.2, 0) is 22.8 Å². The molecule has 1 aliphatic heterocycles. The molecular formula is C35H25BrN2O5. The Kier molecular flexibility index (Phi) is 8.02. The molecule has 43 heavy (non-hydrogen) atoms. The molecule has 212 valence electrons. The van der Waals surface area contributed by atoms with Crippen LogP contribution in [0, 0.1) is 0 Å². The number of nitrogens with one attached hydrogen (secondary N) is 1. The van der Waals surface area contributed by atoms with Crippen LogP contribution in [0.2, 0.25) is 0 Å². The maximum atomic E-state index is 13.6. The van der Waals surface area contributed by atoms with Gasteiger partial charge in [-0.2, -0.15) is 0 Å². The van der Waals surface area contributed by atoms with Crippen molar-refractivity contribution in [3.05, 3.63) is 142 Å². The van der Waals surface area contributed by atoms with Crippen molar-refractivity contribution in [1.82, 2.24) is 5.32 Å². The van der Waals surface area contributed by atoms with Gasteiger partial charge in [0, 0.05) is 10.0 Å². The molecule has 1 aliphatic rings. The van der Waals surface area contributed by atoms with E-state index in [1.807, 2.05) is 78.9 Å². The number of ether oxygens (including phenoxy) is 2. The lowest BCUT2D eigenvalue weighted by atomic mass is 10.0. The number of nitrogens with zero attached hydrogens (tertiary/aromatic N) is 1. The van der Waals surface area contributed by atoms with Crippen molar-refractivity contribution in [2.24, 2.45) is 0 Å². The van der Waals surface area contributed by atoms with Crippen LogP contribution >= 0.6 is 15.9 Å². The van der Waals surface area contributed by atoms with E-state index in [0.29, 0.717) is 29.4 Å². The fraction of sp³-hybridized carbons (Fsp3) is 0.0571. The molecule has 0 spiro atoms. The average Bonchev–Trinajstić information content (AvgIpc) is 3.02. The van der Waals surface area contributed by atoms with E-state index in [4.69, 9.17) is 9.47 Å². The Balaban J connectivity index is 1.24. The summed E-state index contributed by atoms with van der Waals surface area (Å²) in [6.07, 6.45) is 1.44.